The first-order valence-electron chi connectivity index (χ1n) is 7.08. The molecular weight excluding hydrogens is 347 g/mol. The second-order valence-electron chi connectivity index (χ2n) is 5.58. The van der Waals surface area contributed by atoms with Crippen molar-refractivity contribution in [1.29, 1.82) is 0 Å². The minimum absolute atomic E-state index is 0.0760. The summed E-state index contributed by atoms with van der Waals surface area (Å²) in [6.45, 7) is 1.07. The van der Waals surface area contributed by atoms with Crippen LogP contribution in [0.4, 0.5) is 10.2 Å². The number of alkyl halides is 1. The zero-order valence-corrected chi connectivity index (χ0v) is 13.6. The summed E-state index contributed by atoms with van der Waals surface area (Å²) in [7, 11) is 0. The molecular formula is C13H18ClFN4O5. The molecule has 1 aliphatic rings. The fourth-order valence-corrected chi connectivity index (χ4v) is 2.57. The molecule has 0 spiro atoms. The minimum Gasteiger partial charge on any atom is -0.461 e. The summed E-state index contributed by atoms with van der Waals surface area (Å²) in [6, 6.07) is -0.857. The van der Waals surface area contributed by atoms with Crippen LogP contribution in [0.25, 0.3) is 0 Å². The van der Waals surface area contributed by atoms with Gasteiger partial charge in [-0.05, 0) is 6.92 Å². The van der Waals surface area contributed by atoms with Gasteiger partial charge in [0.05, 0.1) is 18.2 Å². The van der Waals surface area contributed by atoms with E-state index >= 15 is 0 Å². The maximum atomic E-state index is 13.6. The molecule has 1 aliphatic heterocycles. The van der Waals surface area contributed by atoms with Crippen molar-refractivity contribution in [3.8, 4) is 0 Å². The Morgan fingerprint density at radius 3 is 3.00 bits per heavy atom. The molecule has 5 N–H and O–H groups in total. The first-order chi connectivity index (χ1) is 11.2. The number of halogens is 2. The van der Waals surface area contributed by atoms with Crippen LogP contribution >= 0.6 is 11.6 Å². The second kappa shape index (κ2) is 7.01. The number of rotatable bonds is 5. The summed E-state index contributed by atoms with van der Waals surface area (Å²) in [4.78, 5) is 26.7. The Labute approximate surface area is 141 Å². The molecule has 134 valence electrons. The fraction of sp³-hybridized carbons (Fsp3) is 0.615. The van der Waals surface area contributed by atoms with Crippen molar-refractivity contribution in [1.82, 2.24) is 9.55 Å². The van der Waals surface area contributed by atoms with E-state index in [-0.39, 0.29) is 18.9 Å². The molecule has 1 aromatic rings. The van der Waals surface area contributed by atoms with Crippen LogP contribution in [0.3, 0.4) is 0 Å². The Bertz CT molecular complexity index is 685. The number of anilines is 1. The van der Waals surface area contributed by atoms with Crippen LogP contribution in [0.15, 0.2) is 11.0 Å². The summed E-state index contributed by atoms with van der Waals surface area (Å²) in [5.74, 6) is -2.36. The molecule has 0 radical (unpaired) electrons. The molecule has 1 fully saturated rings. The predicted molar refractivity (Wildman–Crippen MR) is 81.7 cm³/mol. The number of ether oxygens (including phenoxy) is 2. The number of carbonyl (C=O) groups excluding carboxylic acids is 1. The van der Waals surface area contributed by atoms with E-state index in [0.717, 1.165) is 10.8 Å². The minimum atomic E-state index is -1.45. The Kier molecular flexibility index (Phi) is 5.43. The van der Waals surface area contributed by atoms with Gasteiger partial charge < -0.3 is 26.0 Å². The van der Waals surface area contributed by atoms with Crippen molar-refractivity contribution >= 4 is 23.4 Å². The van der Waals surface area contributed by atoms with Gasteiger partial charge in [-0.1, -0.05) is 0 Å². The van der Waals surface area contributed by atoms with Crippen molar-refractivity contribution < 1.29 is 23.8 Å². The number of esters is 1. The normalized spacial score (nSPS) is 27.9. The van der Waals surface area contributed by atoms with E-state index in [1.807, 2.05) is 0 Å². The molecule has 2 rings (SSSR count). The van der Waals surface area contributed by atoms with Gasteiger partial charge in [0.15, 0.2) is 11.6 Å². The lowest BCUT2D eigenvalue weighted by atomic mass is 10.00. The highest BCUT2D eigenvalue weighted by molar-refractivity contribution is 6.18. The van der Waals surface area contributed by atoms with Crippen molar-refractivity contribution in [2.75, 3.05) is 18.2 Å². The van der Waals surface area contributed by atoms with E-state index in [1.54, 1.807) is 0 Å². The number of nitrogens with two attached hydrogens (primary N) is 2. The van der Waals surface area contributed by atoms with E-state index < -0.39 is 47.3 Å². The summed E-state index contributed by atoms with van der Waals surface area (Å²) >= 11 is 5.87. The third kappa shape index (κ3) is 3.51. The number of hydrogen-bond acceptors (Lipinski definition) is 8. The van der Waals surface area contributed by atoms with Crippen LogP contribution in [-0.2, 0) is 14.3 Å². The molecule has 9 nitrogen and oxygen atoms in total. The average molecular weight is 365 g/mol. The van der Waals surface area contributed by atoms with E-state index in [2.05, 4.69) is 4.98 Å². The quantitative estimate of drug-likeness (QED) is 0.451. The van der Waals surface area contributed by atoms with Crippen LogP contribution in [0, 0.1) is 5.82 Å². The third-order valence-electron chi connectivity index (χ3n) is 3.70. The number of hydrogen-bond donors (Lipinski definition) is 3. The largest absolute Gasteiger partial charge is 0.461 e. The molecule has 4 atom stereocenters. The van der Waals surface area contributed by atoms with Gasteiger partial charge in [-0.15, -0.1) is 11.6 Å². The highest BCUT2D eigenvalue weighted by Gasteiger charge is 2.50. The Morgan fingerprint density at radius 2 is 2.42 bits per heavy atom. The molecule has 0 saturated carbocycles. The molecule has 2 heterocycles. The van der Waals surface area contributed by atoms with Gasteiger partial charge in [0.25, 0.3) is 0 Å². The predicted octanol–water partition coefficient (Wildman–Crippen LogP) is -0.888. The molecule has 11 heteroatoms. The van der Waals surface area contributed by atoms with Crippen LogP contribution < -0.4 is 17.2 Å². The van der Waals surface area contributed by atoms with Crippen molar-refractivity contribution in [3.05, 3.63) is 22.5 Å². The third-order valence-corrected chi connectivity index (χ3v) is 4.16. The van der Waals surface area contributed by atoms with Crippen LogP contribution in [0.2, 0.25) is 0 Å². The molecule has 24 heavy (non-hydrogen) atoms. The van der Waals surface area contributed by atoms with Gasteiger partial charge in [0.1, 0.15) is 24.5 Å². The molecule has 0 bridgehead atoms. The number of aromatic nitrogens is 2. The van der Waals surface area contributed by atoms with Gasteiger partial charge >= 0.3 is 11.7 Å². The number of nitrogen functional groups attached to an aromatic ring is 1. The van der Waals surface area contributed by atoms with Crippen molar-refractivity contribution in [2.45, 2.75) is 37.3 Å². The van der Waals surface area contributed by atoms with Gasteiger partial charge in [0, 0.05) is 6.42 Å². The lowest BCUT2D eigenvalue weighted by Gasteiger charge is -2.29. The lowest BCUT2D eigenvalue weighted by molar-refractivity contribution is -0.163. The molecule has 0 aliphatic carbocycles. The summed E-state index contributed by atoms with van der Waals surface area (Å²) in [5, 5.41) is 10.3. The van der Waals surface area contributed by atoms with Crippen molar-refractivity contribution in [2.24, 2.45) is 5.73 Å². The van der Waals surface area contributed by atoms with Crippen LogP contribution in [0.5, 0.6) is 0 Å². The molecule has 1 aromatic heterocycles. The average Bonchev–Trinajstić information content (AvgIpc) is 2.85. The molecule has 0 unspecified atom stereocenters. The lowest BCUT2D eigenvalue weighted by Crippen LogP contribution is -2.47. The second-order valence-corrected chi connectivity index (χ2v) is 5.85. The van der Waals surface area contributed by atoms with Crippen molar-refractivity contribution in [3.63, 3.8) is 0 Å². The van der Waals surface area contributed by atoms with Gasteiger partial charge in [-0.2, -0.15) is 4.98 Å². The molecule has 1 saturated heterocycles. The van der Waals surface area contributed by atoms with Gasteiger partial charge in [-0.25, -0.2) is 9.18 Å². The number of nitrogens with zero attached hydrogens (tertiary/aromatic N) is 2. The van der Waals surface area contributed by atoms with Gasteiger partial charge in [-0.3, -0.25) is 9.36 Å². The van der Waals surface area contributed by atoms with Crippen LogP contribution in [0.1, 0.15) is 19.6 Å². The number of aliphatic hydroxyl groups is 1. The van der Waals surface area contributed by atoms with E-state index in [4.69, 9.17) is 32.5 Å². The number of carbonyl (C=O) groups is 1. The van der Waals surface area contributed by atoms with E-state index in [0.29, 0.717) is 0 Å². The molecule has 0 amide bonds. The number of aliphatic hydroxyl groups excluding tert-OH is 1. The first kappa shape index (κ1) is 18.6. The van der Waals surface area contributed by atoms with E-state index in [1.165, 1.54) is 6.92 Å². The maximum absolute atomic E-state index is 13.6. The first-order valence-corrected chi connectivity index (χ1v) is 7.62. The standard InChI is InChI=1S/C13H18ClFN4O5/c1-6(16)11(21)23-5-13(4-14)8(20)2-9(24-13)19-3-7(15)10(17)18-12(19)22/h3,6,8-9,20H,2,4-5,16H2,1H3,(H2,17,18,22)/t6-,8-,9+,13+/m0/s1. The zero-order chi connectivity index (χ0) is 18.1. The molecule has 0 aromatic carbocycles. The summed E-state index contributed by atoms with van der Waals surface area (Å²) < 4.78 is 25.0. The van der Waals surface area contributed by atoms with E-state index in [9.17, 15) is 19.1 Å². The maximum Gasteiger partial charge on any atom is 0.351 e. The highest BCUT2D eigenvalue weighted by atomic mass is 35.5. The smallest absolute Gasteiger partial charge is 0.351 e. The Morgan fingerprint density at radius 1 is 1.75 bits per heavy atom. The summed E-state index contributed by atoms with van der Waals surface area (Å²) in [5.41, 5.74) is 8.32. The monoisotopic (exact) mass is 364 g/mol. The highest BCUT2D eigenvalue weighted by Crippen LogP contribution is 2.37. The zero-order valence-electron chi connectivity index (χ0n) is 12.8. The topological polar surface area (TPSA) is 143 Å². The Hall–Kier alpha value is -1.75. The Balaban J connectivity index is 2.22. The summed E-state index contributed by atoms with van der Waals surface area (Å²) in [6.07, 6.45) is -1.44. The van der Waals surface area contributed by atoms with Gasteiger partial charge in [0.2, 0.25) is 0 Å². The SMILES string of the molecule is C[C@H](N)C(=O)OC[C@@]1(CCl)O[C@@H](n2cc(F)c(N)nc2=O)C[C@@H]1O. The fourth-order valence-electron chi connectivity index (χ4n) is 2.25. The van der Waals surface area contributed by atoms with Crippen LogP contribution in [-0.4, -0.2) is 50.9 Å².